The Bertz CT molecular complexity index is 756. The molecule has 2 amide bonds. The molecule has 0 radical (unpaired) electrons. The molecule has 27 heavy (non-hydrogen) atoms. The van der Waals surface area contributed by atoms with Gasteiger partial charge in [-0.15, -0.1) is 0 Å². The summed E-state index contributed by atoms with van der Waals surface area (Å²) in [5.74, 6) is -0.201. The SMILES string of the molecule is CCC1=C(C(=O)COC2CCCCC2)C(c2ccc(O)c(Cl)c2)NC(=O)N1. The third kappa shape index (κ3) is 4.62. The first-order valence-corrected chi connectivity index (χ1v) is 9.81. The van der Waals surface area contributed by atoms with Crippen LogP contribution in [0.5, 0.6) is 5.75 Å². The second kappa shape index (κ2) is 8.76. The average molecular weight is 393 g/mol. The van der Waals surface area contributed by atoms with Crippen LogP contribution in [0.15, 0.2) is 29.5 Å². The number of carbonyl (C=O) groups is 2. The Labute approximate surface area is 163 Å². The van der Waals surface area contributed by atoms with Gasteiger partial charge in [0.1, 0.15) is 12.4 Å². The first-order valence-electron chi connectivity index (χ1n) is 9.43. The summed E-state index contributed by atoms with van der Waals surface area (Å²) in [6.45, 7) is 1.88. The molecular weight excluding hydrogens is 368 g/mol. The molecule has 0 spiro atoms. The van der Waals surface area contributed by atoms with Crippen LogP contribution in [-0.2, 0) is 9.53 Å². The number of Topliss-reactive ketones (excluding diaryl/α,β-unsaturated/α-hetero) is 1. The van der Waals surface area contributed by atoms with E-state index in [1.807, 2.05) is 6.92 Å². The van der Waals surface area contributed by atoms with E-state index in [4.69, 9.17) is 16.3 Å². The third-order valence-corrected chi connectivity index (χ3v) is 5.42. The largest absolute Gasteiger partial charge is 0.506 e. The molecule has 0 saturated heterocycles. The Balaban J connectivity index is 1.84. The summed E-state index contributed by atoms with van der Waals surface area (Å²) < 4.78 is 5.85. The van der Waals surface area contributed by atoms with Gasteiger partial charge in [0.2, 0.25) is 0 Å². The van der Waals surface area contributed by atoms with Gasteiger partial charge in [-0.25, -0.2) is 4.79 Å². The van der Waals surface area contributed by atoms with Gasteiger partial charge in [-0.05, 0) is 37.0 Å². The number of carbonyl (C=O) groups excluding carboxylic acids is 2. The maximum atomic E-state index is 13.0. The third-order valence-electron chi connectivity index (χ3n) is 5.12. The number of allylic oxidation sites excluding steroid dienone is 1. The van der Waals surface area contributed by atoms with Crippen molar-refractivity contribution in [1.82, 2.24) is 10.6 Å². The number of benzene rings is 1. The second-order valence-corrected chi connectivity index (χ2v) is 7.39. The number of aromatic hydroxyl groups is 1. The molecule has 1 heterocycles. The van der Waals surface area contributed by atoms with E-state index in [1.165, 1.54) is 12.5 Å². The van der Waals surface area contributed by atoms with Crippen molar-refractivity contribution in [2.45, 2.75) is 57.6 Å². The smallest absolute Gasteiger partial charge is 0.319 e. The minimum atomic E-state index is -0.630. The number of nitrogens with one attached hydrogen (secondary N) is 2. The van der Waals surface area contributed by atoms with Crippen molar-refractivity contribution in [2.24, 2.45) is 0 Å². The fraction of sp³-hybridized carbons (Fsp3) is 0.500. The number of hydrogen-bond acceptors (Lipinski definition) is 4. The highest BCUT2D eigenvalue weighted by Crippen LogP contribution is 2.33. The van der Waals surface area contributed by atoms with Crippen LogP contribution >= 0.6 is 11.6 Å². The number of amides is 2. The highest BCUT2D eigenvalue weighted by Gasteiger charge is 2.32. The molecule has 1 aromatic carbocycles. The van der Waals surface area contributed by atoms with Crippen LogP contribution in [0.2, 0.25) is 5.02 Å². The summed E-state index contributed by atoms with van der Waals surface area (Å²) in [4.78, 5) is 25.1. The normalized spacial score (nSPS) is 21.0. The molecule has 1 aliphatic heterocycles. The Kier molecular flexibility index (Phi) is 6.39. The van der Waals surface area contributed by atoms with Gasteiger partial charge in [0.05, 0.1) is 17.2 Å². The van der Waals surface area contributed by atoms with Crippen LogP contribution in [0.1, 0.15) is 57.1 Å². The molecule has 1 atom stereocenters. The maximum absolute atomic E-state index is 13.0. The number of urea groups is 1. The van der Waals surface area contributed by atoms with E-state index in [1.54, 1.807) is 12.1 Å². The molecule has 7 heteroatoms. The van der Waals surface area contributed by atoms with E-state index < -0.39 is 6.04 Å². The number of ketones is 1. The fourth-order valence-corrected chi connectivity index (χ4v) is 3.87. The van der Waals surface area contributed by atoms with Gasteiger partial charge >= 0.3 is 6.03 Å². The average Bonchev–Trinajstić information content (AvgIpc) is 2.68. The molecule has 3 rings (SSSR count). The summed E-state index contributed by atoms with van der Waals surface area (Å²) in [6, 6.07) is 3.67. The lowest BCUT2D eigenvalue weighted by Gasteiger charge is -2.30. The number of phenols is 1. The molecule has 1 aliphatic carbocycles. The number of ether oxygens (including phenoxy) is 1. The summed E-state index contributed by atoms with van der Waals surface area (Å²) in [5, 5.41) is 15.4. The van der Waals surface area contributed by atoms with Crippen LogP contribution in [0.4, 0.5) is 4.79 Å². The zero-order valence-corrected chi connectivity index (χ0v) is 16.1. The van der Waals surface area contributed by atoms with Gasteiger partial charge < -0.3 is 20.5 Å². The molecule has 0 aromatic heterocycles. The van der Waals surface area contributed by atoms with E-state index in [9.17, 15) is 14.7 Å². The Hall–Kier alpha value is -2.05. The lowest BCUT2D eigenvalue weighted by atomic mass is 9.91. The van der Waals surface area contributed by atoms with Crippen LogP contribution in [0.3, 0.4) is 0 Å². The Morgan fingerprint density at radius 3 is 2.70 bits per heavy atom. The molecule has 0 bridgehead atoms. The number of hydrogen-bond donors (Lipinski definition) is 3. The monoisotopic (exact) mass is 392 g/mol. The summed E-state index contributed by atoms with van der Waals surface area (Å²) in [7, 11) is 0. The Morgan fingerprint density at radius 1 is 1.30 bits per heavy atom. The second-order valence-electron chi connectivity index (χ2n) is 6.98. The van der Waals surface area contributed by atoms with Crippen LogP contribution in [0.25, 0.3) is 0 Å². The fourth-order valence-electron chi connectivity index (χ4n) is 3.68. The molecule has 1 fully saturated rings. The summed E-state index contributed by atoms with van der Waals surface area (Å²) >= 11 is 6.03. The van der Waals surface area contributed by atoms with Gasteiger partial charge in [0.15, 0.2) is 5.78 Å². The molecule has 2 aliphatic rings. The van der Waals surface area contributed by atoms with E-state index in [-0.39, 0.29) is 35.3 Å². The zero-order chi connectivity index (χ0) is 19.4. The lowest BCUT2D eigenvalue weighted by Crippen LogP contribution is -2.46. The van der Waals surface area contributed by atoms with Gasteiger partial charge in [-0.3, -0.25) is 4.79 Å². The molecule has 6 nitrogen and oxygen atoms in total. The Morgan fingerprint density at radius 2 is 2.04 bits per heavy atom. The summed E-state index contributed by atoms with van der Waals surface area (Å²) in [5.41, 5.74) is 1.71. The predicted octanol–water partition coefficient (Wildman–Crippen LogP) is 3.98. The van der Waals surface area contributed by atoms with Gasteiger partial charge in [-0.1, -0.05) is 43.9 Å². The van der Waals surface area contributed by atoms with E-state index in [2.05, 4.69) is 10.6 Å². The van der Waals surface area contributed by atoms with Gasteiger partial charge in [0.25, 0.3) is 0 Å². The van der Waals surface area contributed by atoms with Crippen LogP contribution in [0, 0.1) is 0 Å². The maximum Gasteiger partial charge on any atom is 0.319 e. The standard InChI is InChI=1S/C20H25ClN2O4/c1-2-15-18(17(25)11-27-13-6-4-3-5-7-13)19(23-20(26)22-15)12-8-9-16(24)14(21)10-12/h8-10,13,19,24H,2-7,11H2,1H3,(H2,22,23,26). The number of phenolic OH excluding ortho intramolecular Hbond substituents is 1. The highest BCUT2D eigenvalue weighted by atomic mass is 35.5. The number of rotatable bonds is 6. The van der Waals surface area contributed by atoms with Gasteiger partial charge in [0, 0.05) is 11.3 Å². The molecular formula is C20H25ClN2O4. The highest BCUT2D eigenvalue weighted by molar-refractivity contribution is 6.32. The number of halogens is 1. The molecule has 1 unspecified atom stereocenters. The predicted molar refractivity (Wildman–Crippen MR) is 103 cm³/mol. The first-order chi connectivity index (χ1) is 13.0. The minimum absolute atomic E-state index is 0.0105. The zero-order valence-electron chi connectivity index (χ0n) is 15.4. The molecule has 1 saturated carbocycles. The molecule has 146 valence electrons. The van der Waals surface area contributed by atoms with Gasteiger partial charge in [-0.2, -0.15) is 0 Å². The van der Waals surface area contributed by atoms with E-state index in [0.717, 1.165) is 25.7 Å². The van der Waals surface area contributed by atoms with Crippen molar-refractivity contribution in [2.75, 3.05) is 6.61 Å². The van der Waals surface area contributed by atoms with Crippen molar-refractivity contribution in [3.05, 3.63) is 40.1 Å². The molecule has 3 N–H and O–H groups in total. The van der Waals surface area contributed by atoms with Crippen molar-refractivity contribution < 1.29 is 19.4 Å². The quantitative estimate of drug-likeness (QED) is 0.683. The van der Waals surface area contributed by atoms with Crippen LogP contribution in [-0.4, -0.2) is 29.6 Å². The lowest BCUT2D eigenvalue weighted by molar-refractivity contribution is -0.123. The molecule has 1 aromatic rings. The summed E-state index contributed by atoms with van der Waals surface area (Å²) in [6.07, 6.45) is 6.10. The van der Waals surface area contributed by atoms with Crippen molar-refractivity contribution in [3.63, 3.8) is 0 Å². The van der Waals surface area contributed by atoms with Crippen molar-refractivity contribution in [3.8, 4) is 5.75 Å². The van der Waals surface area contributed by atoms with Crippen molar-refractivity contribution in [1.29, 1.82) is 0 Å². The van der Waals surface area contributed by atoms with E-state index in [0.29, 0.717) is 23.3 Å². The van der Waals surface area contributed by atoms with E-state index >= 15 is 0 Å². The first kappa shape index (κ1) is 19.7. The minimum Gasteiger partial charge on any atom is -0.506 e. The topological polar surface area (TPSA) is 87.7 Å². The van der Waals surface area contributed by atoms with Crippen LogP contribution < -0.4 is 10.6 Å². The van der Waals surface area contributed by atoms with Crippen molar-refractivity contribution >= 4 is 23.4 Å².